The zero-order valence-electron chi connectivity index (χ0n) is 11.7. The topological polar surface area (TPSA) is 30.7 Å². The van der Waals surface area contributed by atoms with E-state index in [1.807, 2.05) is 13.0 Å². The second-order valence-electron chi connectivity index (χ2n) is 5.44. The molecule has 0 bridgehead atoms. The molecule has 0 fully saturated rings. The van der Waals surface area contributed by atoms with Crippen LogP contribution in [0.5, 0.6) is 0 Å². The van der Waals surface area contributed by atoms with Crippen molar-refractivity contribution in [1.82, 2.24) is 14.5 Å². The van der Waals surface area contributed by atoms with Crippen LogP contribution in [0.3, 0.4) is 0 Å². The van der Waals surface area contributed by atoms with Gasteiger partial charge in [-0.05, 0) is 26.0 Å². The van der Waals surface area contributed by atoms with E-state index in [0.717, 1.165) is 29.2 Å². The van der Waals surface area contributed by atoms with Gasteiger partial charge in [0.2, 0.25) is 0 Å². The van der Waals surface area contributed by atoms with Crippen molar-refractivity contribution in [1.29, 1.82) is 0 Å². The summed E-state index contributed by atoms with van der Waals surface area (Å²) in [6, 6.07) is 4.06. The summed E-state index contributed by atoms with van der Waals surface area (Å²) in [7, 11) is -1.35. The van der Waals surface area contributed by atoms with Crippen LogP contribution in [0.15, 0.2) is 12.1 Å². The molecule has 0 N–H and O–H groups in total. The predicted molar refractivity (Wildman–Crippen MR) is 78.2 cm³/mol. The molecule has 18 heavy (non-hydrogen) atoms. The van der Waals surface area contributed by atoms with Crippen LogP contribution in [-0.4, -0.2) is 22.6 Å². The Labute approximate surface area is 109 Å². The molecule has 0 aliphatic carbocycles. The molecule has 0 saturated carbocycles. The molecule has 0 radical (unpaired) electrons. The van der Waals surface area contributed by atoms with Crippen molar-refractivity contribution in [2.75, 3.05) is 0 Å². The molecule has 2 aromatic heterocycles. The van der Waals surface area contributed by atoms with Crippen molar-refractivity contribution in [2.24, 2.45) is 0 Å². The van der Waals surface area contributed by atoms with Crippen molar-refractivity contribution >= 4 is 19.2 Å². The SMILES string of the molecule is CCn1c(C)nc2nc(C#C[Si](C)(C)C)ccc21. The molecule has 0 aliphatic rings. The lowest BCUT2D eigenvalue weighted by atomic mass is 10.3. The van der Waals surface area contributed by atoms with E-state index in [2.05, 4.69) is 58.6 Å². The summed E-state index contributed by atoms with van der Waals surface area (Å²) in [4.78, 5) is 9.01. The quantitative estimate of drug-likeness (QED) is 0.581. The maximum atomic E-state index is 4.52. The average Bonchev–Trinajstić information content (AvgIpc) is 2.59. The van der Waals surface area contributed by atoms with Crippen LogP contribution in [0, 0.1) is 18.4 Å². The van der Waals surface area contributed by atoms with Gasteiger partial charge in [0, 0.05) is 6.54 Å². The molecule has 2 heterocycles. The number of hydrogen-bond acceptors (Lipinski definition) is 2. The molecule has 0 atom stereocenters. The molecule has 0 aliphatic heterocycles. The second kappa shape index (κ2) is 4.58. The highest BCUT2D eigenvalue weighted by Gasteiger charge is 2.09. The van der Waals surface area contributed by atoms with Gasteiger partial charge in [-0.3, -0.25) is 0 Å². The third-order valence-corrected chi connectivity index (χ3v) is 3.56. The summed E-state index contributed by atoms with van der Waals surface area (Å²) in [5.41, 5.74) is 6.05. The fourth-order valence-corrected chi connectivity index (χ4v) is 2.35. The van der Waals surface area contributed by atoms with Gasteiger partial charge in [0.15, 0.2) is 5.65 Å². The summed E-state index contributed by atoms with van der Waals surface area (Å²) in [6.07, 6.45) is 0. The highest BCUT2D eigenvalue weighted by atomic mass is 28.3. The number of hydrogen-bond donors (Lipinski definition) is 0. The van der Waals surface area contributed by atoms with E-state index in [-0.39, 0.29) is 0 Å². The van der Waals surface area contributed by atoms with E-state index < -0.39 is 8.07 Å². The maximum absolute atomic E-state index is 4.52. The molecular formula is C14H19N3Si. The number of aromatic nitrogens is 3. The molecule has 2 rings (SSSR count). The van der Waals surface area contributed by atoms with Crippen molar-refractivity contribution in [3.05, 3.63) is 23.7 Å². The van der Waals surface area contributed by atoms with Gasteiger partial charge in [-0.2, -0.15) is 0 Å². The second-order valence-corrected chi connectivity index (χ2v) is 10.2. The summed E-state index contributed by atoms with van der Waals surface area (Å²) < 4.78 is 2.16. The minimum absolute atomic E-state index is 0.803. The Balaban J connectivity index is 2.48. The standard InChI is InChI=1S/C14H19N3Si/c1-6-17-11(2)15-14-13(17)8-7-12(16-14)9-10-18(3,4)5/h7-8H,6H2,1-5H3. The van der Waals surface area contributed by atoms with E-state index in [9.17, 15) is 0 Å². The molecule has 0 spiro atoms. The van der Waals surface area contributed by atoms with Gasteiger partial charge in [-0.15, -0.1) is 5.54 Å². The highest BCUT2D eigenvalue weighted by molar-refractivity contribution is 6.83. The summed E-state index contributed by atoms with van der Waals surface area (Å²) >= 11 is 0. The van der Waals surface area contributed by atoms with Gasteiger partial charge >= 0.3 is 0 Å². The number of pyridine rings is 1. The Morgan fingerprint density at radius 3 is 2.56 bits per heavy atom. The first kappa shape index (κ1) is 12.8. The van der Waals surface area contributed by atoms with Crippen molar-refractivity contribution < 1.29 is 0 Å². The van der Waals surface area contributed by atoms with E-state index >= 15 is 0 Å². The van der Waals surface area contributed by atoms with Crippen molar-refractivity contribution in [2.45, 2.75) is 40.0 Å². The van der Waals surface area contributed by atoms with Crippen molar-refractivity contribution in [3.63, 3.8) is 0 Å². The van der Waals surface area contributed by atoms with Crippen LogP contribution in [0.1, 0.15) is 18.4 Å². The Kier molecular flexibility index (Phi) is 3.27. The number of aryl methyl sites for hydroxylation is 2. The molecule has 0 amide bonds. The van der Waals surface area contributed by atoms with E-state index in [4.69, 9.17) is 0 Å². The first-order valence-corrected chi connectivity index (χ1v) is 9.78. The molecule has 0 unspecified atom stereocenters. The molecule has 0 aromatic carbocycles. The van der Waals surface area contributed by atoms with Crippen LogP contribution in [0.2, 0.25) is 19.6 Å². The summed E-state index contributed by atoms with van der Waals surface area (Å²) in [6.45, 7) is 11.7. The smallest absolute Gasteiger partial charge is 0.179 e. The number of nitrogens with zero attached hydrogens (tertiary/aromatic N) is 3. The molecule has 0 saturated heterocycles. The molecule has 3 nitrogen and oxygen atoms in total. The zero-order chi connectivity index (χ0) is 13.3. The van der Waals surface area contributed by atoms with E-state index in [1.165, 1.54) is 0 Å². The average molecular weight is 257 g/mol. The normalized spacial score (nSPS) is 11.4. The fourth-order valence-electron chi connectivity index (χ4n) is 1.84. The lowest BCUT2D eigenvalue weighted by Crippen LogP contribution is -2.16. The Morgan fingerprint density at radius 2 is 1.94 bits per heavy atom. The van der Waals surface area contributed by atoms with E-state index in [0.29, 0.717) is 0 Å². The first-order valence-electron chi connectivity index (χ1n) is 6.28. The van der Waals surface area contributed by atoms with Gasteiger partial charge in [0.25, 0.3) is 0 Å². The lowest BCUT2D eigenvalue weighted by Gasteiger charge is -2.03. The fraction of sp³-hybridized carbons (Fsp3) is 0.429. The predicted octanol–water partition coefficient (Wildman–Crippen LogP) is 2.99. The van der Waals surface area contributed by atoms with Crippen LogP contribution < -0.4 is 0 Å². The Bertz CT molecular complexity index is 639. The third-order valence-electron chi connectivity index (χ3n) is 2.69. The van der Waals surface area contributed by atoms with Gasteiger partial charge in [0.1, 0.15) is 19.6 Å². The van der Waals surface area contributed by atoms with Crippen LogP contribution >= 0.6 is 0 Å². The van der Waals surface area contributed by atoms with E-state index in [1.54, 1.807) is 0 Å². The minimum Gasteiger partial charge on any atom is -0.327 e. The van der Waals surface area contributed by atoms with Gasteiger partial charge < -0.3 is 4.57 Å². The number of fused-ring (bicyclic) bond motifs is 1. The monoisotopic (exact) mass is 257 g/mol. The van der Waals surface area contributed by atoms with Gasteiger partial charge in [0.05, 0.1) is 5.52 Å². The van der Waals surface area contributed by atoms with Crippen LogP contribution in [0.25, 0.3) is 11.2 Å². The zero-order valence-corrected chi connectivity index (χ0v) is 12.7. The largest absolute Gasteiger partial charge is 0.327 e. The van der Waals surface area contributed by atoms with Crippen LogP contribution in [0.4, 0.5) is 0 Å². The molecule has 4 heteroatoms. The van der Waals surface area contributed by atoms with Gasteiger partial charge in [-0.1, -0.05) is 25.6 Å². The summed E-state index contributed by atoms with van der Waals surface area (Å²) in [5.74, 6) is 4.18. The molecule has 2 aromatic rings. The lowest BCUT2D eigenvalue weighted by molar-refractivity contribution is 0.753. The summed E-state index contributed by atoms with van der Waals surface area (Å²) in [5, 5.41) is 0. The third kappa shape index (κ3) is 2.62. The Morgan fingerprint density at radius 1 is 1.22 bits per heavy atom. The van der Waals surface area contributed by atoms with Crippen molar-refractivity contribution in [3.8, 4) is 11.5 Å². The molecular weight excluding hydrogens is 238 g/mol. The number of rotatable bonds is 1. The first-order chi connectivity index (χ1) is 8.40. The minimum atomic E-state index is -1.35. The maximum Gasteiger partial charge on any atom is 0.179 e. The highest BCUT2D eigenvalue weighted by Crippen LogP contribution is 2.14. The molecule has 94 valence electrons. The van der Waals surface area contributed by atoms with Crippen LogP contribution in [-0.2, 0) is 6.54 Å². The van der Waals surface area contributed by atoms with Gasteiger partial charge in [-0.25, -0.2) is 9.97 Å². The number of imidazole rings is 1. The Hall–Kier alpha value is -1.60.